The predicted octanol–water partition coefficient (Wildman–Crippen LogP) is 3.61. The largest absolute Gasteiger partial charge is 0.311 e. The number of carbonyl (C=O) groups is 2. The lowest BCUT2D eigenvalue weighted by atomic mass is 10.1. The number of thiophene rings is 1. The van der Waals surface area contributed by atoms with Crippen molar-refractivity contribution in [2.24, 2.45) is 0 Å². The quantitative estimate of drug-likeness (QED) is 0.712. The number of aromatic nitrogens is 2. The number of anilines is 2. The Morgan fingerprint density at radius 2 is 2.11 bits per heavy atom. The Morgan fingerprint density at radius 1 is 1.26 bits per heavy atom. The molecule has 1 N–H and O–H groups in total. The molecule has 0 aliphatic carbocycles. The standard InChI is InChI=1S/C19H18N4O2S2/c1-12-5-2-3-7-15(12)23-11-13(9-17(23)25)18-21-22-19(27-18)20-16(24)10-14-6-4-8-26-14/h2-8,13H,9-11H2,1H3,(H,20,22,24)/t13-/m1/s1. The number of nitrogens with zero attached hydrogens (tertiary/aromatic N) is 3. The summed E-state index contributed by atoms with van der Waals surface area (Å²) in [6.07, 6.45) is 0.738. The van der Waals surface area contributed by atoms with Crippen LogP contribution >= 0.6 is 22.7 Å². The molecule has 0 saturated carbocycles. The second-order valence-corrected chi connectivity index (χ2v) is 8.48. The molecule has 1 aliphatic rings. The highest BCUT2D eigenvalue weighted by atomic mass is 32.1. The SMILES string of the molecule is Cc1ccccc1N1C[C@H](c2nnc(NC(=O)Cc3cccs3)s2)CC1=O. The zero-order valence-electron chi connectivity index (χ0n) is 14.7. The fourth-order valence-corrected chi connectivity index (χ4v) is 4.71. The summed E-state index contributed by atoms with van der Waals surface area (Å²) in [5, 5.41) is 14.3. The minimum Gasteiger partial charge on any atom is -0.311 e. The zero-order valence-corrected chi connectivity index (χ0v) is 16.3. The van der Waals surface area contributed by atoms with Crippen LogP contribution in [0.3, 0.4) is 0 Å². The highest BCUT2D eigenvalue weighted by Crippen LogP contribution is 2.35. The molecule has 27 heavy (non-hydrogen) atoms. The van der Waals surface area contributed by atoms with Crippen LogP contribution in [0.1, 0.15) is 27.8 Å². The number of nitrogens with one attached hydrogen (secondary N) is 1. The fourth-order valence-electron chi connectivity index (χ4n) is 3.16. The molecule has 3 heterocycles. The van der Waals surface area contributed by atoms with E-state index in [0.29, 0.717) is 24.5 Å². The second-order valence-electron chi connectivity index (χ2n) is 6.44. The van der Waals surface area contributed by atoms with Crippen molar-refractivity contribution in [3.05, 3.63) is 57.2 Å². The van der Waals surface area contributed by atoms with Crippen LogP contribution in [0.25, 0.3) is 0 Å². The molecule has 2 amide bonds. The van der Waals surface area contributed by atoms with Gasteiger partial charge in [-0.05, 0) is 30.0 Å². The van der Waals surface area contributed by atoms with Crippen LogP contribution in [0.5, 0.6) is 0 Å². The lowest BCUT2D eigenvalue weighted by Crippen LogP contribution is -2.25. The fraction of sp³-hybridized carbons (Fsp3) is 0.263. The molecule has 0 unspecified atom stereocenters. The number of rotatable bonds is 5. The van der Waals surface area contributed by atoms with E-state index in [1.807, 2.05) is 53.6 Å². The first-order valence-corrected chi connectivity index (χ1v) is 10.3. The first-order chi connectivity index (χ1) is 13.1. The van der Waals surface area contributed by atoms with Gasteiger partial charge in [0.25, 0.3) is 0 Å². The molecule has 1 saturated heterocycles. The van der Waals surface area contributed by atoms with Gasteiger partial charge in [0.2, 0.25) is 16.9 Å². The van der Waals surface area contributed by atoms with Crippen LogP contribution in [0.15, 0.2) is 41.8 Å². The third-order valence-electron chi connectivity index (χ3n) is 4.48. The van der Waals surface area contributed by atoms with Gasteiger partial charge in [-0.1, -0.05) is 35.6 Å². The molecule has 0 spiro atoms. The number of hydrogen-bond donors (Lipinski definition) is 1. The average molecular weight is 399 g/mol. The maximum Gasteiger partial charge on any atom is 0.231 e. The maximum atomic E-state index is 12.5. The third-order valence-corrected chi connectivity index (χ3v) is 6.36. The van der Waals surface area contributed by atoms with Gasteiger partial charge in [0.05, 0.1) is 6.42 Å². The predicted molar refractivity (Wildman–Crippen MR) is 107 cm³/mol. The summed E-state index contributed by atoms with van der Waals surface area (Å²) in [7, 11) is 0. The van der Waals surface area contributed by atoms with Crippen molar-refractivity contribution in [1.82, 2.24) is 10.2 Å². The van der Waals surface area contributed by atoms with Crippen LogP contribution in [0.2, 0.25) is 0 Å². The normalized spacial score (nSPS) is 16.7. The molecule has 8 heteroatoms. The Kier molecular flexibility index (Phi) is 5.00. The average Bonchev–Trinajstić information content (AvgIpc) is 3.37. The van der Waals surface area contributed by atoms with Crippen LogP contribution in [0.4, 0.5) is 10.8 Å². The van der Waals surface area contributed by atoms with E-state index in [-0.39, 0.29) is 17.7 Å². The van der Waals surface area contributed by atoms with Gasteiger partial charge in [0, 0.05) is 29.4 Å². The number of para-hydroxylation sites is 1. The first kappa shape index (κ1) is 17.8. The van der Waals surface area contributed by atoms with Crippen molar-refractivity contribution in [3.63, 3.8) is 0 Å². The van der Waals surface area contributed by atoms with Crippen LogP contribution in [-0.4, -0.2) is 28.6 Å². The first-order valence-electron chi connectivity index (χ1n) is 8.62. The van der Waals surface area contributed by atoms with Crippen molar-refractivity contribution in [3.8, 4) is 0 Å². The number of benzene rings is 1. The van der Waals surface area contributed by atoms with Crippen LogP contribution < -0.4 is 10.2 Å². The maximum absolute atomic E-state index is 12.5. The van der Waals surface area contributed by atoms with E-state index in [2.05, 4.69) is 15.5 Å². The molecule has 0 bridgehead atoms. The van der Waals surface area contributed by atoms with Gasteiger partial charge in [-0.2, -0.15) is 0 Å². The minimum absolute atomic E-state index is 0.00226. The summed E-state index contributed by atoms with van der Waals surface area (Å²) < 4.78 is 0. The summed E-state index contributed by atoms with van der Waals surface area (Å²) in [5.41, 5.74) is 2.02. The molecular weight excluding hydrogens is 380 g/mol. The Morgan fingerprint density at radius 3 is 2.89 bits per heavy atom. The van der Waals surface area contributed by atoms with E-state index in [4.69, 9.17) is 0 Å². The van der Waals surface area contributed by atoms with Gasteiger partial charge in [-0.3, -0.25) is 9.59 Å². The third kappa shape index (κ3) is 3.91. The van der Waals surface area contributed by atoms with E-state index < -0.39 is 0 Å². The van der Waals surface area contributed by atoms with Crippen molar-refractivity contribution < 1.29 is 9.59 Å². The van der Waals surface area contributed by atoms with E-state index in [1.165, 1.54) is 11.3 Å². The van der Waals surface area contributed by atoms with Crippen molar-refractivity contribution in [2.45, 2.75) is 25.7 Å². The molecule has 1 aromatic carbocycles. The van der Waals surface area contributed by atoms with Gasteiger partial charge >= 0.3 is 0 Å². The van der Waals surface area contributed by atoms with Gasteiger partial charge in [0.15, 0.2) is 0 Å². The van der Waals surface area contributed by atoms with E-state index in [1.54, 1.807) is 11.3 Å². The molecule has 1 atom stereocenters. The summed E-state index contributed by atoms with van der Waals surface area (Å²) in [4.78, 5) is 27.4. The molecule has 1 aliphatic heterocycles. The summed E-state index contributed by atoms with van der Waals surface area (Å²) >= 11 is 2.90. The lowest BCUT2D eigenvalue weighted by molar-refractivity contribution is -0.117. The molecule has 4 rings (SSSR count). The number of amides is 2. The molecular formula is C19H18N4O2S2. The van der Waals surface area contributed by atoms with E-state index in [0.717, 1.165) is 21.1 Å². The van der Waals surface area contributed by atoms with E-state index >= 15 is 0 Å². The monoisotopic (exact) mass is 398 g/mol. The number of aryl methyl sites for hydroxylation is 1. The summed E-state index contributed by atoms with van der Waals surface area (Å²) in [5.74, 6) is -0.0190. The second kappa shape index (κ2) is 7.58. The Balaban J connectivity index is 1.42. The molecule has 2 aromatic heterocycles. The van der Waals surface area contributed by atoms with Gasteiger partial charge < -0.3 is 10.2 Å². The van der Waals surface area contributed by atoms with Gasteiger partial charge in [-0.15, -0.1) is 21.5 Å². The number of carbonyl (C=O) groups excluding carboxylic acids is 2. The van der Waals surface area contributed by atoms with Crippen LogP contribution in [0, 0.1) is 6.92 Å². The Hall–Kier alpha value is -2.58. The number of hydrogen-bond acceptors (Lipinski definition) is 6. The topological polar surface area (TPSA) is 75.2 Å². The lowest BCUT2D eigenvalue weighted by Gasteiger charge is -2.18. The highest BCUT2D eigenvalue weighted by molar-refractivity contribution is 7.15. The highest BCUT2D eigenvalue weighted by Gasteiger charge is 2.34. The zero-order chi connectivity index (χ0) is 18.8. The molecule has 1 fully saturated rings. The molecule has 6 nitrogen and oxygen atoms in total. The van der Waals surface area contributed by atoms with Crippen molar-refractivity contribution in [1.29, 1.82) is 0 Å². The van der Waals surface area contributed by atoms with E-state index in [9.17, 15) is 9.59 Å². The molecule has 138 valence electrons. The van der Waals surface area contributed by atoms with Crippen LogP contribution in [-0.2, 0) is 16.0 Å². The van der Waals surface area contributed by atoms with Gasteiger partial charge in [0.1, 0.15) is 5.01 Å². The Bertz CT molecular complexity index is 968. The van der Waals surface area contributed by atoms with Gasteiger partial charge in [-0.25, -0.2) is 0 Å². The molecule has 3 aromatic rings. The molecule has 0 radical (unpaired) electrons. The minimum atomic E-state index is -0.107. The summed E-state index contributed by atoms with van der Waals surface area (Å²) in [6.45, 7) is 2.59. The summed E-state index contributed by atoms with van der Waals surface area (Å²) in [6, 6.07) is 11.7. The smallest absolute Gasteiger partial charge is 0.231 e. The van der Waals surface area contributed by atoms with Crippen molar-refractivity contribution >= 4 is 45.3 Å². The Labute approximate surface area is 164 Å². The van der Waals surface area contributed by atoms with Crippen molar-refractivity contribution in [2.75, 3.05) is 16.8 Å².